The van der Waals surface area contributed by atoms with E-state index < -0.39 is 6.10 Å². The number of nitrogens with one attached hydrogen (secondary N) is 2. The SMILES string of the molecule is Cc1cccc(C(C)C)c1NC(=O)NC(C)CC(O)c1ccco1. The average Bonchev–Trinajstić information content (AvgIpc) is 3.03. The fourth-order valence-electron chi connectivity index (χ4n) is 2.71. The topological polar surface area (TPSA) is 74.5 Å². The third-order valence-electron chi connectivity index (χ3n) is 3.99. The predicted molar refractivity (Wildman–Crippen MR) is 95.2 cm³/mol. The third-order valence-corrected chi connectivity index (χ3v) is 3.99. The molecule has 1 aromatic carbocycles. The highest BCUT2D eigenvalue weighted by molar-refractivity contribution is 5.91. The molecule has 3 N–H and O–H groups in total. The van der Waals surface area contributed by atoms with E-state index in [2.05, 4.69) is 24.5 Å². The van der Waals surface area contributed by atoms with Crippen molar-refractivity contribution in [3.8, 4) is 0 Å². The molecule has 5 nitrogen and oxygen atoms in total. The number of rotatable bonds is 6. The van der Waals surface area contributed by atoms with E-state index in [1.807, 2.05) is 32.0 Å². The van der Waals surface area contributed by atoms with Crippen LogP contribution in [-0.4, -0.2) is 17.2 Å². The zero-order chi connectivity index (χ0) is 17.7. The van der Waals surface area contributed by atoms with Crippen molar-refractivity contribution in [3.63, 3.8) is 0 Å². The summed E-state index contributed by atoms with van der Waals surface area (Å²) in [6, 6.07) is 8.98. The minimum Gasteiger partial charge on any atom is -0.467 e. The lowest BCUT2D eigenvalue weighted by molar-refractivity contribution is 0.130. The second-order valence-electron chi connectivity index (χ2n) is 6.46. The highest BCUT2D eigenvalue weighted by Crippen LogP contribution is 2.27. The van der Waals surface area contributed by atoms with Crippen molar-refractivity contribution in [2.45, 2.75) is 52.2 Å². The first-order valence-electron chi connectivity index (χ1n) is 8.27. The molecule has 0 aliphatic rings. The Morgan fingerprint density at radius 2 is 1.96 bits per heavy atom. The van der Waals surface area contributed by atoms with Crippen molar-refractivity contribution in [1.82, 2.24) is 5.32 Å². The summed E-state index contributed by atoms with van der Waals surface area (Å²) >= 11 is 0. The Morgan fingerprint density at radius 3 is 2.58 bits per heavy atom. The number of hydrogen-bond donors (Lipinski definition) is 3. The molecule has 24 heavy (non-hydrogen) atoms. The molecule has 130 valence electrons. The lowest BCUT2D eigenvalue weighted by atomic mass is 9.98. The fraction of sp³-hybridized carbons (Fsp3) is 0.421. The maximum atomic E-state index is 12.3. The monoisotopic (exact) mass is 330 g/mol. The van der Waals surface area contributed by atoms with Gasteiger partial charge in [-0.25, -0.2) is 4.79 Å². The average molecular weight is 330 g/mol. The molecule has 0 aliphatic carbocycles. The van der Waals surface area contributed by atoms with E-state index in [1.165, 1.54) is 6.26 Å². The Morgan fingerprint density at radius 1 is 1.21 bits per heavy atom. The molecule has 2 aromatic rings. The van der Waals surface area contributed by atoms with Crippen LogP contribution in [0, 0.1) is 6.92 Å². The van der Waals surface area contributed by atoms with Crippen LogP contribution in [0.2, 0.25) is 0 Å². The second kappa shape index (κ2) is 8.02. The van der Waals surface area contributed by atoms with Crippen molar-refractivity contribution in [3.05, 3.63) is 53.5 Å². The summed E-state index contributed by atoms with van der Waals surface area (Å²) in [6.07, 6.45) is 1.17. The van der Waals surface area contributed by atoms with Crippen molar-refractivity contribution in [2.75, 3.05) is 5.32 Å². The number of furan rings is 1. The Bertz CT molecular complexity index is 665. The number of para-hydroxylation sites is 1. The van der Waals surface area contributed by atoms with Gasteiger partial charge in [-0.05, 0) is 43.0 Å². The maximum absolute atomic E-state index is 12.3. The number of aryl methyl sites for hydroxylation is 1. The van der Waals surface area contributed by atoms with Gasteiger partial charge in [0.1, 0.15) is 11.9 Å². The van der Waals surface area contributed by atoms with Gasteiger partial charge in [0, 0.05) is 18.2 Å². The number of carbonyl (C=O) groups is 1. The highest BCUT2D eigenvalue weighted by atomic mass is 16.4. The standard InChI is InChI=1S/C19H26N2O3/c1-12(2)15-8-5-7-13(3)18(15)21-19(23)20-14(4)11-16(22)17-9-6-10-24-17/h5-10,12,14,16,22H,11H2,1-4H3,(H2,20,21,23). The molecule has 0 saturated heterocycles. The maximum Gasteiger partial charge on any atom is 0.319 e. The van der Waals surface area contributed by atoms with Gasteiger partial charge in [0.2, 0.25) is 0 Å². The molecular weight excluding hydrogens is 304 g/mol. The van der Waals surface area contributed by atoms with Crippen molar-refractivity contribution >= 4 is 11.7 Å². The van der Waals surface area contributed by atoms with Crippen LogP contribution in [0.1, 0.15) is 56.1 Å². The fourth-order valence-corrected chi connectivity index (χ4v) is 2.71. The summed E-state index contributed by atoms with van der Waals surface area (Å²) in [7, 11) is 0. The molecule has 1 aromatic heterocycles. The number of benzene rings is 1. The van der Waals surface area contributed by atoms with E-state index in [1.54, 1.807) is 12.1 Å². The van der Waals surface area contributed by atoms with Gasteiger partial charge < -0.3 is 20.2 Å². The highest BCUT2D eigenvalue weighted by Gasteiger charge is 2.17. The number of amides is 2. The molecule has 2 unspecified atom stereocenters. The number of aliphatic hydroxyl groups excluding tert-OH is 1. The van der Waals surface area contributed by atoms with Crippen LogP contribution in [0.25, 0.3) is 0 Å². The molecule has 0 saturated carbocycles. The second-order valence-corrected chi connectivity index (χ2v) is 6.46. The summed E-state index contributed by atoms with van der Waals surface area (Å²) in [4.78, 5) is 12.3. The summed E-state index contributed by atoms with van der Waals surface area (Å²) in [5, 5.41) is 15.9. The van der Waals surface area contributed by atoms with Crippen LogP contribution in [-0.2, 0) is 0 Å². The van der Waals surface area contributed by atoms with Gasteiger partial charge >= 0.3 is 6.03 Å². The molecule has 0 aliphatic heterocycles. The van der Waals surface area contributed by atoms with E-state index in [4.69, 9.17) is 4.42 Å². The minimum absolute atomic E-state index is 0.198. The third kappa shape index (κ3) is 4.61. The first-order valence-corrected chi connectivity index (χ1v) is 8.27. The van der Waals surface area contributed by atoms with Gasteiger partial charge in [0.25, 0.3) is 0 Å². The molecule has 5 heteroatoms. The van der Waals surface area contributed by atoms with Crippen LogP contribution >= 0.6 is 0 Å². The van der Waals surface area contributed by atoms with Gasteiger partial charge in [-0.3, -0.25) is 0 Å². The summed E-state index contributed by atoms with van der Waals surface area (Å²) in [5.41, 5.74) is 2.98. The van der Waals surface area contributed by atoms with Crippen LogP contribution in [0.3, 0.4) is 0 Å². The molecular formula is C19H26N2O3. The summed E-state index contributed by atoms with van der Waals surface area (Å²) in [6.45, 7) is 8.03. The van der Waals surface area contributed by atoms with Crippen LogP contribution in [0.4, 0.5) is 10.5 Å². The summed E-state index contributed by atoms with van der Waals surface area (Å²) in [5.74, 6) is 0.823. The number of aliphatic hydroxyl groups is 1. The molecule has 2 atom stereocenters. The van der Waals surface area contributed by atoms with Gasteiger partial charge in [-0.2, -0.15) is 0 Å². The number of carbonyl (C=O) groups excluding carboxylic acids is 1. The van der Waals surface area contributed by atoms with Crippen molar-refractivity contribution < 1.29 is 14.3 Å². The zero-order valence-electron chi connectivity index (χ0n) is 14.7. The quantitative estimate of drug-likeness (QED) is 0.737. The Hall–Kier alpha value is -2.27. The van der Waals surface area contributed by atoms with Gasteiger partial charge in [0.15, 0.2) is 0 Å². The number of hydrogen-bond acceptors (Lipinski definition) is 3. The smallest absolute Gasteiger partial charge is 0.319 e. The largest absolute Gasteiger partial charge is 0.467 e. The first kappa shape index (κ1) is 18.1. The van der Waals surface area contributed by atoms with Crippen LogP contribution in [0.15, 0.2) is 41.0 Å². The van der Waals surface area contributed by atoms with Gasteiger partial charge in [0.05, 0.1) is 6.26 Å². The van der Waals surface area contributed by atoms with Crippen molar-refractivity contribution in [2.24, 2.45) is 0 Å². The lowest BCUT2D eigenvalue weighted by Gasteiger charge is -2.20. The molecule has 0 bridgehead atoms. The first-order chi connectivity index (χ1) is 11.4. The Balaban J connectivity index is 1.96. The summed E-state index contributed by atoms with van der Waals surface area (Å²) < 4.78 is 5.18. The van der Waals surface area contributed by atoms with Crippen LogP contribution in [0.5, 0.6) is 0 Å². The Kier molecular flexibility index (Phi) is 6.04. The normalized spacial score (nSPS) is 13.6. The molecule has 0 spiro atoms. The van der Waals surface area contributed by atoms with Crippen LogP contribution < -0.4 is 10.6 Å². The zero-order valence-corrected chi connectivity index (χ0v) is 14.7. The van der Waals surface area contributed by atoms with E-state index in [9.17, 15) is 9.90 Å². The predicted octanol–water partition coefficient (Wildman–Crippen LogP) is 4.35. The molecule has 1 heterocycles. The van der Waals surface area contributed by atoms with E-state index in [0.29, 0.717) is 18.1 Å². The molecule has 2 amide bonds. The number of urea groups is 1. The molecule has 0 radical (unpaired) electrons. The van der Waals surface area contributed by atoms with E-state index >= 15 is 0 Å². The minimum atomic E-state index is -0.736. The molecule has 0 fully saturated rings. The lowest BCUT2D eigenvalue weighted by Crippen LogP contribution is -2.37. The number of anilines is 1. The van der Waals surface area contributed by atoms with Gasteiger partial charge in [-0.15, -0.1) is 0 Å². The molecule has 2 rings (SSSR count). The van der Waals surface area contributed by atoms with Gasteiger partial charge in [-0.1, -0.05) is 32.0 Å². The van der Waals surface area contributed by atoms with Crippen molar-refractivity contribution in [1.29, 1.82) is 0 Å². The van der Waals surface area contributed by atoms with E-state index in [0.717, 1.165) is 16.8 Å². The Labute approximate surface area is 143 Å². The van der Waals surface area contributed by atoms with E-state index in [-0.39, 0.29) is 12.1 Å².